The highest BCUT2D eigenvalue weighted by molar-refractivity contribution is 7.89. The van der Waals surface area contributed by atoms with Crippen molar-refractivity contribution in [3.8, 4) is 0 Å². The minimum atomic E-state index is -3.18. The number of piperazine rings is 1. The van der Waals surface area contributed by atoms with Gasteiger partial charge in [0.1, 0.15) is 0 Å². The van der Waals surface area contributed by atoms with Crippen LogP contribution < -0.4 is 5.32 Å². The topological polar surface area (TPSA) is 58.6 Å². The van der Waals surface area contributed by atoms with Crippen LogP contribution in [0.15, 0.2) is 0 Å². The van der Waals surface area contributed by atoms with Gasteiger partial charge in [-0.25, -0.2) is 8.42 Å². The third-order valence-corrected chi connectivity index (χ3v) is 5.50. The van der Waals surface area contributed by atoms with E-state index in [9.17, 15) is 8.42 Å². The molecule has 0 saturated carbocycles. The van der Waals surface area contributed by atoms with Crippen molar-refractivity contribution in [1.29, 1.82) is 0 Å². The Morgan fingerprint density at radius 1 is 1.39 bits per heavy atom. The van der Waals surface area contributed by atoms with Crippen LogP contribution in [-0.4, -0.2) is 56.4 Å². The van der Waals surface area contributed by atoms with E-state index in [2.05, 4.69) is 5.32 Å². The Hall–Kier alpha value is 0.120. The monoisotopic (exact) mass is 298 g/mol. The summed E-state index contributed by atoms with van der Waals surface area (Å²) in [5.41, 5.74) is 0. The fourth-order valence-electron chi connectivity index (χ4n) is 2.48. The Bertz CT molecular complexity index is 357. The smallest absolute Gasteiger partial charge is 0.217 e. The lowest BCUT2D eigenvalue weighted by Crippen LogP contribution is -2.57. The van der Waals surface area contributed by atoms with E-state index in [1.807, 2.05) is 13.8 Å². The summed E-state index contributed by atoms with van der Waals surface area (Å²) in [7, 11) is -3.18. The molecule has 108 valence electrons. The summed E-state index contributed by atoms with van der Waals surface area (Å²) in [5, 5.41) is 3.29. The summed E-state index contributed by atoms with van der Waals surface area (Å²) >= 11 is 0. The molecule has 3 unspecified atom stereocenters. The maximum absolute atomic E-state index is 12.3. The number of halogens is 1. The Labute approximate surface area is 116 Å². The molecule has 2 rings (SSSR count). The van der Waals surface area contributed by atoms with Crippen LogP contribution in [0.25, 0.3) is 0 Å². The van der Waals surface area contributed by atoms with E-state index >= 15 is 0 Å². The Balaban J connectivity index is 0.00000162. The minimum Gasteiger partial charge on any atom is -0.377 e. The first kappa shape index (κ1) is 16.2. The number of hydrogen-bond donors (Lipinski definition) is 1. The van der Waals surface area contributed by atoms with E-state index in [4.69, 9.17) is 4.74 Å². The zero-order valence-corrected chi connectivity index (χ0v) is 12.6. The average molecular weight is 299 g/mol. The Morgan fingerprint density at radius 3 is 2.72 bits per heavy atom. The molecule has 0 bridgehead atoms. The van der Waals surface area contributed by atoms with Gasteiger partial charge in [-0.2, -0.15) is 4.31 Å². The van der Waals surface area contributed by atoms with Crippen LogP contribution in [0.1, 0.15) is 26.7 Å². The van der Waals surface area contributed by atoms with Gasteiger partial charge in [0.05, 0.1) is 11.9 Å². The number of ether oxygens (including phenoxy) is 1. The van der Waals surface area contributed by atoms with Crippen molar-refractivity contribution in [2.45, 2.75) is 44.9 Å². The average Bonchev–Trinajstić information content (AvgIpc) is 2.73. The van der Waals surface area contributed by atoms with Crippen LogP contribution in [-0.2, 0) is 14.8 Å². The van der Waals surface area contributed by atoms with Gasteiger partial charge < -0.3 is 10.1 Å². The number of hydrogen-bond acceptors (Lipinski definition) is 4. The zero-order valence-electron chi connectivity index (χ0n) is 11.0. The first-order valence-corrected chi connectivity index (χ1v) is 7.94. The highest BCUT2D eigenvalue weighted by Crippen LogP contribution is 2.19. The van der Waals surface area contributed by atoms with Gasteiger partial charge in [-0.1, -0.05) is 0 Å². The third-order valence-electron chi connectivity index (χ3n) is 3.48. The van der Waals surface area contributed by atoms with Crippen LogP contribution in [0, 0.1) is 0 Å². The van der Waals surface area contributed by atoms with Gasteiger partial charge in [0.15, 0.2) is 0 Å². The summed E-state index contributed by atoms with van der Waals surface area (Å²) in [6, 6.07) is 0.267. The molecular weight excluding hydrogens is 276 g/mol. The molecular formula is C11H23ClN2O3S. The van der Waals surface area contributed by atoms with Crippen molar-refractivity contribution in [3.63, 3.8) is 0 Å². The third kappa shape index (κ3) is 3.81. The molecule has 0 aliphatic carbocycles. The SMILES string of the molecule is CC1CN(S(=O)(=O)CC2CCCO2)C(C)CN1.Cl. The molecule has 2 aliphatic rings. The van der Waals surface area contributed by atoms with Crippen molar-refractivity contribution >= 4 is 22.4 Å². The first-order chi connectivity index (χ1) is 7.99. The molecule has 0 radical (unpaired) electrons. The predicted octanol–water partition coefficient (Wildman–Crippen LogP) is 0.599. The number of nitrogens with one attached hydrogen (secondary N) is 1. The van der Waals surface area contributed by atoms with Crippen LogP contribution in [0.4, 0.5) is 0 Å². The van der Waals surface area contributed by atoms with Crippen molar-refractivity contribution in [3.05, 3.63) is 0 Å². The molecule has 1 N–H and O–H groups in total. The summed E-state index contributed by atoms with van der Waals surface area (Å²) in [4.78, 5) is 0. The largest absolute Gasteiger partial charge is 0.377 e. The van der Waals surface area contributed by atoms with Gasteiger partial charge in [0.2, 0.25) is 10.0 Å². The normalized spacial score (nSPS) is 34.2. The number of nitrogens with zero attached hydrogens (tertiary/aromatic N) is 1. The van der Waals surface area contributed by atoms with Crippen molar-refractivity contribution < 1.29 is 13.2 Å². The maximum Gasteiger partial charge on any atom is 0.217 e. The highest BCUT2D eigenvalue weighted by atomic mass is 35.5. The van der Waals surface area contributed by atoms with E-state index < -0.39 is 10.0 Å². The summed E-state index contributed by atoms with van der Waals surface area (Å²) in [6.07, 6.45) is 1.75. The molecule has 2 saturated heterocycles. The van der Waals surface area contributed by atoms with Gasteiger partial charge >= 0.3 is 0 Å². The van der Waals surface area contributed by atoms with Crippen LogP contribution >= 0.6 is 12.4 Å². The fourth-order valence-corrected chi connectivity index (χ4v) is 4.48. The summed E-state index contributed by atoms with van der Waals surface area (Å²) < 4.78 is 31.7. The molecule has 2 fully saturated rings. The second-order valence-corrected chi connectivity index (χ2v) is 7.11. The van der Waals surface area contributed by atoms with Gasteiger partial charge in [-0.15, -0.1) is 12.4 Å². The zero-order chi connectivity index (χ0) is 12.5. The molecule has 2 heterocycles. The molecule has 7 heteroatoms. The first-order valence-electron chi connectivity index (χ1n) is 6.33. The van der Waals surface area contributed by atoms with Crippen molar-refractivity contribution in [2.75, 3.05) is 25.4 Å². The molecule has 0 aromatic carbocycles. The molecule has 0 amide bonds. The Kier molecular flexibility index (Phi) is 5.86. The van der Waals surface area contributed by atoms with Gasteiger partial charge in [-0.05, 0) is 26.7 Å². The molecule has 0 aromatic rings. The standard InChI is InChI=1S/C11H22N2O3S.ClH/c1-9-7-13(10(2)6-12-9)17(14,15)8-11-4-3-5-16-11;/h9-12H,3-8H2,1-2H3;1H. The Morgan fingerprint density at radius 2 is 2.11 bits per heavy atom. The second kappa shape index (κ2) is 6.52. The van der Waals surface area contributed by atoms with E-state index in [1.165, 1.54) is 0 Å². The van der Waals surface area contributed by atoms with E-state index in [0.717, 1.165) is 19.4 Å². The summed E-state index contributed by atoms with van der Waals surface area (Å²) in [6.45, 7) is 5.96. The second-order valence-electron chi connectivity index (χ2n) is 5.14. The van der Waals surface area contributed by atoms with Crippen molar-refractivity contribution in [2.24, 2.45) is 0 Å². The molecule has 0 aromatic heterocycles. The molecule has 2 aliphatic heterocycles. The lowest BCUT2D eigenvalue weighted by Gasteiger charge is -2.36. The van der Waals surface area contributed by atoms with Gasteiger partial charge in [0.25, 0.3) is 0 Å². The maximum atomic E-state index is 12.3. The van der Waals surface area contributed by atoms with Crippen LogP contribution in [0.5, 0.6) is 0 Å². The quantitative estimate of drug-likeness (QED) is 0.829. The fraction of sp³-hybridized carbons (Fsp3) is 1.00. The van der Waals surface area contributed by atoms with E-state index in [1.54, 1.807) is 4.31 Å². The van der Waals surface area contributed by atoms with E-state index in [0.29, 0.717) is 13.2 Å². The van der Waals surface area contributed by atoms with Crippen LogP contribution in [0.3, 0.4) is 0 Å². The van der Waals surface area contributed by atoms with E-state index in [-0.39, 0.29) is 36.3 Å². The number of sulfonamides is 1. The molecule has 3 atom stereocenters. The van der Waals surface area contributed by atoms with Gasteiger partial charge in [-0.3, -0.25) is 0 Å². The highest BCUT2D eigenvalue weighted by Gasteiger charge is 2.34. The van der Waals surface area contributed by atoms with Crippen molar-refractivity contribution in [1.82, 2.24) is 9.62 Å². The minimum absolute atomic E-state index is 0. The number of rotatable bonds is 3. The van der Waals surface area contributed by atoms with Gasteiger partial charge in [0, 0.05) is 31.8 Å². The molecule has 18 heavy (non-hydrogen) atoms. The van der Waals surface area contributed by atoms with Crippen LogP contribution in [0.2, 0.25) is 0 Å². The lowest BCUT2D eigenvalue weighted by atomic mass is 10.2. The lowest BCUT2D eigenvalue weighted by molar-refractivity contribution is 0.125. The molecule has 0 spiro atoms. The summed E-state index contributed by atoms with van der Waals surface area (Å²) in [5.74, 6) is 0.143. The predicted molar refractivity (Wildman–Crippen MR) is 73.6 cm³/mol. The molecule has 5 nitrogen and oxygen atoms in total.